The van der Waals surface area contributed by atoms with Crippen LogP contribution in [0, 0.1) is 13.8 Å². The molecule has 1 aromatic heterocycles. The fraction of sp³-hybridized carbons (Fsp3) is 0.857. The van der Waals surface area contributed by atoms with Gasteiger partial charge in [0.05, 0.1) is 11.9 Å². The molecule has 2 fully saturated rings. The Balaban J connectivity index is 1.66. The van der Waals surface area contributed by atoms with Crippen molar-refractivity contribution >= 4 is 10.0 Å². The maximum absolute atomic E-state index is 12.1. The largest absolute Gasteiger partial charge is 0.381 e. The molecule has 0 amide bonds. The lowest BCUT2D eigenvalue weighted by Crippen LogP contribution is -2.55. The second-order valence-corrected chi connectivity index (χ2v) is 11.0. The Kier molecular flexibility index (Phi) is 7.95. The van der Waals surface area contributed by atoms with Crippen LogP contribution in [0.3, 0.4) is 0 Å². The highest BCUT2D eigenvalue weighted by atomic mass is 32.2. The van der Waals surface area contributed by atoms with E-state index < -0.39 is 10.0 Å². The van der Waals surface area contributed by atoms with Crippen molar-refractivity contribution in [2.24, 2.45) is 7.05 Å². The highest BCUT2D eigenvalue weighted by molar-refractivity contribution is 7.88. The van der Waals surface area contributed by atoms with Crippen LogP contribution in [-0.2, 0) is 28.4 Å². The average Bonchev–Trinajstić information content (AvgIpc) is 2.94. The molecule has 0 aliphatic carbocycles. The minimum atomic E-state index is -3.14. The number of sulfonamides is 1. The Morgan fingerprint density at radius 2 is 1.83 bits per heavy atom. The van der Waals surface area contributed by atoms with E-state index in [-0.39, 0.29) is 6.04 Å². The van der Waals surface area contributed by atoms with Gasteiger partial charge in [0.1, 0.15) is 0 Å². The van der Waals surface area contributed by atoms with Gasteiger partial charge in [0.15, 0.2) is 0 Å². The first-order valence-electron chi connectivity index (χ1n) is 11.1. The standard InChI is InChI=1S/C21H39N5O3S/c1-17-21(18(2)24(4)22-17)16-23(3)11-12-26(19-8-13-29-14-9-19)20-7-6-10-25(15-20)30(5,27)28/h19-20H,6-16H2,1-5H3. The van der Waals surface area contributed by atoms with Gasteiger partial charge in [-0.05, 0) is 46.6 Å². The van der Waals surface area contributed by atoms with Crippen LogP contribution in [0.2, 0.25) is 0 Å². The van der Waals surface area contributed by atoms with Crippen LogP contribution in [0.15, 0.2) is 0 Å². The van der Waals surface area contributed by atoms with Crippen molar-refractivity contribution in [3.8, 4) is 0 Å². The second kappa shape index (κ2) is 10.1. The molecule has 1 unspecified atom stereocenters. The number of aromatic nitrogens is 2. The van der Waals surface area contributed by atoms with Gasteiger partial charge in [-0.3, -0.25) is 9.58 Å². The van der Waals surface area contributed by atoms with Crippen LogP contribution in [-0.4, -0.2) is 97.1 Å². The van der Waals surface area contributed by atoms with Crippen molar-refractivity contribution in [1.29, 1.82) is 0 Å². The highest BCUT2D eigenvalue weighted by Gasteiger charge is 2.33. The number of likely N-dealkylation sites (N-methyl/N-ethyl adjacent to an activating group) is 1. The molecule has 0 radical (unpaired) electrons. The van der Waals surface area contributed by atoms with Gasteiger partial charge in [-0.15, -0.1) is 0 Å². The predicted molar refractivity (Wildman–Crippen MR) is 119 cm³/mol. The van der Waals surface area contributed by atoms with E-state index in [1.165, 1.54) is 17.5 Å². The van der Waals surface area contributed by atoms with E-state index in [9.17, 15) is 8.42 Å². The summed E-state index contributed by atoms with van der Waals surface area (Å²) in [6.07, 6.45) is 5.38. The number of hydrogen-bond acceptors (Lipinski definition) is 6. The van der Waals surface area contributed by atoms with Crippen LogP contribution in [0.5, 0.6) is 0 Å². The van der Waals surface area contributed by atoms with Crippen LogP contribution in [0.4, 0.5) is 0 Å². The lowest BCUT2D eigenvalue weighted by Gasteiger charge is -2.44. The lowest BCUT2D eigenvalue weighted by molar-refractivity contribution is 0.00274. The van der Waals surface area contributed by atoms with Gasteiger partial charge in [0.2, 0.25) is 10.0 Å². The van der Waals surface area contributed by atoms with E-state index in [4.69, 9.17) is 4.74 Å². The van der Waals surface area contributed by atoms with Gasteiger partial charge in [0.25, 0.3) is 0 Å². The van der Waals surface area contributed by atoms with Crippen LogP contribution >= 0.6 is 0 Å². The summed E-state index contributed by atoms with van der Waals surface area (Å²) in [4.78, 5) is 4.94. The van der Waals surface area contributed by atoms with E-state index in [1.807, 2.05) is 11.7 Å². The predicted octanol–water partition coefficient (Wildman–Crippen LogP) is 1.37. The number of ether oxygens (including phenoxy) is 1. The van der Waals surface area contributed by atoms with Crippen LogP contribution in [0.1, 0.15) is 42.6 Å². The third-order valence-corrected chi connectivity index (χ3v) is 8.05. The van der Waals surface area contributed by atoms with Crippen molar-refractivity contribution in [3.63, 3.8) is 0 Å². The number of piperidine rings is 1. The molecule has 0 saturated carbocycles. The summed E-state index contributed by atoms with van der Waals surface area (Å²) in [5.41, 5.74) is 3.62. The van der Waals surface area contributed by atoms with E-state index in [2.05, 4.69) is 35.8 Å². The Labute approximate surface area is 182 Å². The zero-order chi connectivity index (χ0) is 21.9. The first kappa shape index (κ1) is 23.7. The summed E-state index contributed by atoms with van der Waals surface area (Å²) in [6, 6.07) is 0.755. The molecule has 30 heavy (non-hydrogen) atoms. The molecule has 8 nitrogen and oxygen atoms in total. The molecule has 0 N–H and O–H groups in total. The van der Waals surface area contributed by atoms with E-state index in [0.29, 0.717) is 19.1 Å². The quantitative estimate of drug-likeness (QED) is 0.607. The molecule has 0 bridgehead atoms. The Morgan fingerprint density at radius 1 is 1.13 bits per heavy atom. The number of nitrogens with zero attached hydrogens (tertiary/aromatic N) is 5. The van der Waals surface area contributed by atoms with Crippen molar-refractivity contribution in [3.05, 3.63) is 17.0 Å². The van der Waals surface area contributed by atoms with Gasteiger partial charge in [-0.25, -0.2) is 12.7 Å². The van der Waals surface area contributed by atoms with Crippen LogP contribution < -0.4 is 0 Å². The van der Waals surface area contributed by atoms with Gasteiger partial charge >= 0.3 is 0 Å². The maximum atomic E-state index is 12.1. The van der Waals surface area contributed by atoms with E-state index in [0.717, 1.165) is 64.2 Å². The van der Waals surface area contributed by atoms with Gasteiger partial charge < -0.3 is 9.64 Å². The number of hydrogen-bond donors (Lipinski definition) is 0. The smallest absolute Gasteiger partial charge is 0.211 e. The summed E-state index contributed by atoms with van der Waals surface area (Å²) in [7, 11) is 1.02. The Morgan fingerprint density at radius 3 is 2.43 bits per heavy atom. The summed E-state index contributed by atoms with van der Waals surface area (Å²) >= 11 is 0. The molecular formula is C21H39N5O3S. The Hall–Kier alpha value is -1.00. The summed E-state index contributed by atoms with van der Waals surface area (Å²) in [5, 5.41) is 4.54. The van der Waals surface area contributed by atoms with Crippen molar-refractivity contribution in [2.45, 2.75) is 58.2 Å². The zero-order valence-corrected chi connectivity index (χ0v) is 20.1. The SMILES string of the molecule is Cc1nn(C)c(C)c1CN(C)CCN(C1CCOCC1)C1CCCN(S(C)(=O)=O)C1. The topological polar surface area (TPSA) is 70.9 Å². The molecule has 0 spiro atoms. The minimum absolute atomic E-state index is 0.284. The van der Waals surface area contributed by atoms with Gasteiger partial charge in [0, 0.05) is 76.3 Å². The normalized spacial score (nSPS) is 22.3. The molecular weight excluding hydrogens is 402 g/mol. The zero-order valence-electron chi connectivity index (χ0n) is 19.3. The number of aryl methyl sites for hydroxylation is 2. The molecule has 1 atom stereocenters. The Bertz CT molecular complexity index is 804. The molecule has 3 heterocycles. The van der Waals surface area contributed by atoms with E-state index in [1.54, 1.807) is 4.31 Å². The monoisotopic (exact) mass is 441 g/mol. The molecule has 172 valence electrons. The minimum Gasteiger partial charge on any atom is -0.381 e. The lowest BCUT2D eigenvalue weighted by atomic mass is 9.99. The van der Waals surface area contributed by atoms with Crippen molar-refractivity contribution in [2.75, 3.05) is 52.7 Å². The molecule has 0 aromatic carbocycles. The third kappa shape index (κ3) is 5.82. The first-order valence-corrected chi connectivity index (χ1v) is 13.0. The van der Waals surface area contributed by atoms with Crippen LogP contribution in [0.25, 0.3) is 0 Å². The molecule has 1 aromatic rings. The third-order valence-electron chi connectivity index (χ3n) is 6.78. The second-order valence-electron chi connectivity index (χ2n) is 9.01. The summed E-state index contributed by atoms with van der Waals surface area (Å²) in [6.45, 7) is 9.83. The summed E-state index contributed by atoms with van der Waals surface area (Å²) in [5.74, 6) is 0. The van der Waals surface area contributed by atoms with Crippen molar-refractivity contribution in [1.82, 2.24) is 23.9 Å². The van der Waals surface area contributed by atoms with Gasteiger partial charge in [-0.2, -0.15) is 5.10 Å². The first-order chi connectivity index (χ1) is 14.2. The highest BCUT2D eigenvalue weighted by Crippen LogP contribution is 2.24. The van der Waals surface area contributed by atoms with Crippen molar-refractivity contribution < 1.29 is 13.2 Å². The van der Waals surface area contributed by atoms with E-state index >= 15 is 0 Å². The molecule has 9 heteroatoms. The molecule has 2 saturated heterocycles. The molecule has 2 aliphatic rings. The molecule has 2 aliphatic heterocycles. The fourth-order valence-electron chi connectivity index (χ4n) is 4.85. The average molecular weight is 442 g/mol. The molecule has 3 rings (SSSR count). The fourth-order valence-corrected chi connectivity index (χ4v) is 5.76. The summed E-state index contributed by atoms with van der Waals surface area (Å²) < 4.78 is 33.5. The maximum Gasteiger partial charge on any atom is 0.211 e. The number of rotatable bonds is 8. The van der Waals surface area contributed by atoms with Gasteiger partial charge in [-0.1, -0.05) is 0 Å².